The zero-order valence-electron chi connectivity index (χ0n) is 22.3. The topological polar surface area (TPSA) is 86.8 Å². The van der Waals surface area contributed by atoms with Gasteiger partial charge in [0, 0.05) is 35.1 Å². The van der Waals surface area contributed by atoms with E-state index in [9.17, 15) is 18.0 Å². The number of halogens is 2. The van der Waals surface area contributed by atoms with Gasteiger partial charge in [-0.25, -0.2) is 8.42 Å². The molecular formula is C27H37Cl2N3O4S. The first kappa shape index (κ1) is 30.9. The van der Waals surface area contributed by atoms with E-state index in [2.05, 4.69) is 5.32 Å². The minimum Gasteiger partial charge on any atom is -0.350 e. The fourth-order valence-corrected chi connectivity index (χ4v) is 5.52. The molecular weight excluding hydrogens is 533 g/mol. The third-order valence-corrected chi connectivity index (χ3v) is 7.54. The van der Waals surface area contributed by atoms with Gasteiger partial charge in [-0.05, 0) is 69.9 Å². The van der Waals surface area contributed by atoms with Crippen LogP contribution >= 0.6 is 23.2 Å². The summed E-state index contributed by atoms with van der Waals surface area (Å²) in [6.45, 7) is 9.59. The average Bonchev–Trinajstić information content (AvgIpc) is 2.76. The molecule has 0 fully saturated rings. The zero-order valence-corrected chi connectivity index (χ0v) is 24.7. The molecule has 0 saturated heterocycles. The van der Waals surface area contributed by atoms with Crippen LogP contribution in [-0.2, 0) is 26.2 Å². The first-order valence-electron chi connectivity index (χ1n) is 12.2. The molecule has 2 rings (SSSR count). The number of hydrogen-bond donors (Lipinski definition) is 1. The van der Waals surface area contributed by atoms with Crippen molar-refractivity contribution in [3.05, 3.63) is 63.6 Å². The zero-order chi connectivity index (χ0) is 28.0. The average molecular weight is 571 g/mol. The molecule has 2 amide bonds. The second-order valence-corrected chi connectivity index (χ2v) is 12.9. The van der Waals surface area contributed by atoms with Crippen LogP contribution in [0.5, 0.6) is 0 Å². The molecule has 0 aliphatic rings. The number of para-hydroxylation sites is 1. The number of benzene rings is 2. The highest BCUT2D eigenvalue weighted by molar-refractivity contribution is 7.92. The lowest BCUT2D eigenvalue weighted by atomic mass is 10.0. The first-order valence-corrected chi connectivity index (χ1v) is 14.8. The second-order valence-electron chi connectivity index (χ2n) is 10.1. The fourth-order valence-electron chi connectivity index (χ4n) is 4.03. The Bertz CT molecular complexity index is 1210. The van der Waals surface area contributed by atoms with Crippen LogP contribution in [0, 0.1) is 6.92 Å². The molecule has 0 heterocycles. The third-order valence-electron chi connectivity index (χ3n) is 5.78. The summed E-state index contributed by atoms with van der Waals surface area (Å²) in [4.78, 5) is 28.2. The summed E-state index contributed by atoms with van der Waals surface area (Å²) in [6.07, 6.45) is 1.89. The van der Waals surface area contributed by atoms with Crippen molar-refractivity contribution in [3.8, 4) is 0 Å². The number of nitrogens with zero attached hydrogens (tertiary/aromatic N) is 2. The van der Waals surface area contributed by atoms with Crippen molar-refractivity contribution in [2.24, 2.45) is 0 Å². The van der Waals surface area contributed by atoms with Gasteiger partial charge in [-0.2, -0.15) is 0 Å². The number of carbonyl (C=O) groups is 2. The molecule has 0 spiro atoms. The molecule has 0 aliphatic carbocycles. The quantitative estimate of drug-likeness (QED) is 0.383. The molecule has 0 unspecified atom stereocenters. The van der Waals surface area contributed by atoms with E-state index in [0.29, 0.717) is 27.7 Å². The number of anilines is 1. The van der Waals surface area contributed by atoms with Crippen LogP contribution in [0.3, 0.4) is 0 Å². The minimum absolute atomic E-state index is 0.0579. The highest BCUT2D eigenvalue weighted by atomic mass is 35.5. The lowest BCUT2D eigenvalue weighted by Crippen LogP contribution is -2.53. The highest BCUT2D eigenvalue weighted by Gasteiger charge is 2.31. The summed E-state index contributed by atoms with van der Waals surface area (Å²) < 4.78 is 26.4. The number of amides is 2. The maximum absolute atomic E-state index is 13.5. The maximum atomic E-state index is 13.5. The van der Waals surface area contributed by atoms with Gasteiger partial charge in [-0.15, -0.1) is 0 Å². The van der Waals surface area contributed by atoms with Gasteiger partial charge in [0.05, 0.1) is 11.9 Å². The summed E-state index contributed by atoms with van der Waals surface area (Å²) in [7, 11) is -3.56. The van der Waals surface area contributed by atoms with Crippen LogP contribution in [0.25, 0.3) is 0 Å². The van der Waals surface area contributed by atoms with E-state index in [4.69, 9.17) is 23.2 Å². The molecule has 10 heteroatoms. The Morgan fingerprint density at radius 1 is 1.08 bits per heavy atom. The van der Waals surface area contributed by atoms with Gasteiger partial charge in [-0.1, -0.05) is 54.4 Å². The molecule has 37 heavy (non-hydrogen) atoms. The summed E-state index contributed by atoms with van der Waals surface area (Å²) >= 11 is 12.4. The second kappa shape index (κ2) is 13.0. The van der Waals surface area contributed by atoms with Crippen molar-refractivity contribution < 1.29 is 18.0 Å². The van der Waals surface area contributed by atoms with Crippen molar-refractivity contribution in [1.29, 1.82) is 0 Å². The van der Waals surface area contributed by atoms with E-state index in [0.717, 1.165) is 11.8 Å². The van der Waals surface area contributed by atoms with Crippen molar-refractivity contribution >= 4 is 50.7 Å². The number of sulfonamides is 1. The van der Waals surface area contributed by atoms with E-state index in [1.54, 1.807) is 30.3 Å². The maximum Gasteiger partial charge on any atom is 0.243 e. The number of aryl methyl sites for hydroxylation is 1. The van der Waals surface area contributed by atoms with Crippen LogP contribution in [-0.4, -0.2) is 49.5 Å². The SMILES string of the molecule is CC[C@H](C(=O)NC(C)(C)C)N(Cc1ccc(Cl)cc1Cl)C(=O)CCCN(c1ccccc1C)S(C)(=O)=O. The van der Waals surface area contributed by atoms with Crippen LogP contribution in [0.2, 0.25) is 10.0 Å². The normalized spacial score (nSPS) is 12.6. The first-order chi connectivity index (χ1) is 17.1. The molecule has 7 nitrogen and oxygen atoms in total. The lowest BCUT2D eigenvalue weighted by Gasteiger charge is -2.33. The van der Waals surface area contributed by atoms with Crippen LogP contribution in [0.1, 0.15) is 58.1 Å². The largest absolute Gasteiger partial charge is 0.350 e. The number of hydrogen-bond acceptors (Lipinski definition) is 4. The van der Waals surface area contributed by atoms with Crippen LogP contribution in [0.4, 0.5) is 5.69 Å². The molecule has 0 bridgehead atoms. The molecule has 2 aromatic rings. The lowest BCUT2D eigenvalue weighted by molar-refractivity contribution is -0.142. The van der Waals surface area contributed by atoms with Gasteiger partial charge in [0.25, 0.3) is 0 Å². The number of nitrogens with one attached hydrogen (secondary N) is 1. The summed E-state index contributed by atoms with van der Waals surface area (Å²) in [5.74, 6) is -0.522. The van der Waals surface area contributed by atoms with Gasteiger partial charge in [-0.3, -0.25) is 13.9 Å². The number of carbonyl (C=O) groups excluding carboxylic acids is 2. The van der Waals surface area contributed by atoms with Gasteiger partial charge in [0.15, 0.2) is 0 Å². The third kappa shape index (κ3) is 9.20. The Morgan fingerprint density at radius 3 is 2.27 bits per heavy atom. The number of rotatable bonds is 11. The smallest absolute Gasteiger partial charge is 0.243 e. The Morgan fingerprint density at radius 2 is 1.73 bits per heavy atom. The Labute approximate surface area is 231 Å². The predicted octanol–water partition coefficient (Wildman–Crippen LogP) is 5.57. The Kier molecular flexibility index (Phi) is 10.9. The van der Waals surface area contributed by atoms with Gasteiger partial charge in [0.2, 0.25) is 21.8 Å². The Balaban J connectivity index is 2.29. The van der Waals surface area contributed by atoms with Crippen molar-refractivity contribution in [2.45, 2.75) is 72.0 Å². The van der Waals surface area contributed by atoms with E-state index in [1.807, 2.05) is 46.8 Å². The molecule has 1 N–H and O–H groups in total. The van der Waals surface area contributed by atoms with E-state index in [1.165, 1.54) is 9.21 Å². The minimum atomic E-state index is -3.56. The predicted molar refractivity (Wildman–Crippen MR) is 152 cm³/mol. The van der Waals surface area contributed by atoms with Gasteiger partial charge in [0.1, 0.15) is 6.04 Å². The van der Waals surface area contributed by atoms with Gasteiger partial charge >= 0.3 is 0 Å². The van der Waals surface area contributed by atoms with Gasteiger partial charge < -0.3 is 10.2 Å². The molecule has 2 aromatic carbocycles. The molecule has 0 saturated carbocycles. The van der Waals surface area contributed by atoms with Crippen molar-refractivity contribution in [2.75, 3.05) is 17.1 Å². The molecule has 204 valence electrons. The summed E-state index contributed by atoms with van der Waals surface area (Å²) in [6, 6.07) is 11.5. The van der Waals surface area contributed by atoms with Crippen LogP contribution in [0.15, 0.2) is 42.5 Å². The van der Waals surface area contributed by atoms with E-state index < -0.39 is 21.6 Å². The summed E-state index contributed by atoms with van der Waals surface area (Å²) in [5.41, 5.74) is 1.60. The monoisotopic (exact) mass is 569 g/mol. The standard InChI is InChI=1S/C27H37Cl2N3O4S/c1-7-23(26(34)30-27(3,4)5)31(18-20-14-15-21(28)17-22(20)29)25(33)13-10-16-32(37(6,35)36)24-12-9-8-11-19(24)2/h8-9,11-12,14-15,17,23H,7,10,13,16,18H2,1-6H3,(H,30,34)/t23-/m1/s1. The Hall–Kier alpha value is -2.29. The molecule has 1 atom stereocenters. The summed E-state index contributed by atoms with van der Waals surface area (Å²) in [5, 5.41) is 3.84. The molecule has 0 radical (unpaired) electrons. The molecule has 0 aromatic heterocycles. The molecule has 0 aliphatic heterocycles. The van der Waals surface area contributed by atoms with Crippen molar-refractivity contribution in [3.63, 3.8) is 0 Å². The van der Waals surface area contributed by atoms with Crippen molar-refractivity contribution in [1.82, 2.24) is 10.2 Å². The fraction of sp³-hybridized carbons (Fsp3) is 0.481. The van der Waals surface area contributed by atoms with E-state index in [-0.39, 0.29) is 37.7 Å². The highest BCUT2D eigenvalue weighted by Crippen LogP contribution is 2.25. The van der Waals surface area contributed by atoms with Crippen LogP contribution < -0.4 is 9.62 Å². The van der Waals surface area contributed by atoms with E-state index >= 15 is 0 Å².